The standard InChI is InChI=1S/C11H18O/c12-9-4-7-10-5-2-1-3-6-11(9,10)8-10/h9,12H,1-8H2. The second kappa shape index (κ2) is 2.06. The van der Waals surface area contributed by atoms with Gasteiger partial charge in [0.25, 0.3) is 0 Å². The minimum Gasteiger partial charge on any atom is -0.393 e. The summed E-state index contributed by atoms with van der Waals surface area (Å²) in [6.45, 7) is 0. The number of aliphatic hydroxyl groups is 1. The van der Waals surface area contributed by atoms with Gasteiger partial charge >= 0.3 is 0 Å². The molecule has 0 aromatic carbocycles. The maximum absolute atomic E-state index is 9.95. The summed E-state index contributed by atoms with van der Waals surface area (Å²) < 4.78 is 0. The molecule has 0 aromatic rings. The van der Waals surface area contributed by atoms with Crippen molar-refractivity contribution in [3.05, 3.63) is 0 Å². The molecule has 3 aliphatic carbocycles. The normalized spacial score (nSPS) is 57.2. The molecule has 0 heterocycles. The Balaban J connectivity index is 1.92. The van der Waals surface area contributed by atoms with Gasteiger partial charge in [-0.05, 0) is 37.5 Å². The summed E-state index contributed by atoms with van der Waals surface area (Å²) in [4.78, 5) is 0. The molecule has 68 valence electrons. The van der Waals surface area contributed by atoms with Crippen LogP contribution in [0.5, 0.6) is 0 Å². The number of aliphatic hydroxyl groups excluding tert-OH is 1. The van der Waals surface area contributed by atoms with Crippen molar-refractivity contribution >= 4 is 0 Å². The number of hydrogen-bond donors (Lipinski definition) is 1. The van der Waals surface area contributed by atoms with Crippen molar-refractivity contribution in [3.8, 4) is 0 Å². The highest BCUT2D eigenvalue weighted by molar-refractivity contribution is 5.22. The Morgan fingerprint density at radius 2 is 1.83 bits per heavy atom. The maximum Gasteiger partial charge on any atom is 0.0602 e. The molecule has 0 spiro atoms. The van der Waals surface area contributed by atoms with Crippen molar-refractivity contribution in [1.29, 1.82) is 0 Å². The van der Waals surface area contributed by atoms with E-state index in [9.17, 15) is 5.11 Å². The summed E-state index contributed by atoms with van der Waals surface area (Å²) in [7, 11) is 0. The fourth-order valence-corrected chi connectivity index (χ4v) is 4.12. The lowest BCUT2D eigenvalue weighted by atomic mass is 9.90. The topological polar surface area (TPSA) is 20.2 Å². The highest BCUT2D eigenvalue weighted by Crippen LogP contribution is 2.78. The second-order valence-corrected chi connectivity index (χ2v) is 5.23. The van der Waals surface area contributed by atoms with Crippen molar-refractivity contribution in [2.24, 2.45) is 10.8 Å². The van der Waals surface area contributed by atoms with E-state index >= 15 is 0 Å². The maximum atomic E-state index is 9.95. The summed E-state index contributed by atoms with van der Waals surface area (Å²) >= 11 is 0. The zero-order chi connectivity index (χ0) is 8.23. The molecule has 0 bridgehead atoms. The Hall–Kier alpha value is -0.0400. The minimum atomic E-state index is 0.0654. The molecule has 0 aromatic heterocycles. The first kappa shape index (κ1) is 7.37. The SMILES string of the molecule is OC1CCC23CCCCCC12C3. The fraction of sp³-hybridized carbons (Fsp3) is 1.00. The van der Waals surface area contributed by atoms with Gasteiger partial charge in [-0.2, -0.15) is 0 Å². The van der Waals surface area contributed by atoms with Crippen LogP contribution in [-0.4, -0.2) is 11.2 Å². The van der Waals surface area contributed by atoms with Gasteiger partial charge in [0.05, 0.1) is 6.10 Å². The molecule has 3 atom stereocenters. The van der Waals surface area contributed by atoms with E-state index in [-0.39, 0.29) is 6.10 Å². The summed E-state index contributed by atoms with van der Waals surface area (Å²) in [5.74, 6) is 0. The van der Waals surface area contributed by atoms with Crippen LogP contribution in [0.3, 0.4) is 0 Å². The third-order valence-corrected chi connectivity index (χ3v) is 4.90. The lowest BCUT2D eigenvalue weighted by molar-refractivity contribution is 0.0931. The molecule has 3 rings (SSSR count). The summed E-state index contributed by atoms with van der Waals surface area (Å²) in [6, 6.07) is 0. The van der Waals surface area contributed by atoms with Crippen LogP contribution < -0.4 is 0 Å². The third-order valence-electron chi connectivity index (χ3n) is 4.90. The Morgan fingerprint density at radius 1 is 1.00 bits per heavy atom. The summed E-state index contributed by atoms with van der Waals surface area (Å²) in [5.41, 5.74) is 1.08. The Kier molecular flexibility index (Phi) is 1.27. The molecule has 0 radical (unpaired) electrons. The van der Waals surface area contributed by atoms with Crippen LogP contribution in [0.25, 0.3) is 0 Å². The Labute approximate surface area is 74.2 Å². The molecule has 0 aliphatic heterocycles. The van der Waals surface area contributed by atoms with Gasteiger partial charge in [-0.15, -0.1) is 0 Å². The molecule has 3 saturated carbocycles. The smallest absolute Gasteiger partial charge is 0.0602 e. The second-order valence-electron chi connectivity index (χ2n) is 5.23. The Bertz CT molecular complexity index is 209. The van der Waals surface area contributed by atoms with Crippen LogP contribution in [0, 0.1) is 10.8 Å². The van der Waals surface area contributed by atoms with Gasteiger partial charge in [-0.3, -0.25) is 0 Å². The lowest BCUT2D eigenvalue weighted by Crippen LogP contribution is -2.19. The van der Waals surface area contributed by atoms with Crippen LogP contribution in [0.15, 0.2) is 0 Å². The van der Waals surface area contributed by atoms with E-state index in [1.165, 1.54) is 44.9 Å². The largest absolute Gasteiger partial charge is 0.393 e. The van der Waals surface area contributed by atoms with Crippen molar-refractivity contribution in [3.63, 3.8) is 0 Å². The molecule has 3 fully saturated rings. The van der Waals surface area contributed by atoms with Crippen LogP contribution >= 0.6 is 0 Å². The predicted molar refractivity (Wildman–Crippen MR) is 47.8 cm³/mol. The Morgan fingerprint density at radius 3 is 2.75 bits per heavy atom. The molecule has 1 N–H and O–H groups in total. The van der Waals surface area contributed by atoms with E-state index in [0.717, 1.165) is 6.42 Å². The van der Waals surface area contributed by atoms with Crippen molar-refractivity contribution in [1.82, 2.24) is 0 Å². The van der Waals surface area contributed by atoms with Gasteiger partial charge in [0.1, 0.15) is 0 Å². The summed E-state index contributed by atoms with van der Waals surface area (Å²) in [6.07, 6.45) is 10.8. The number of hydrogen-bond acceptors (Lipinski definition) is 1. The molecule has 0 amide bonds. The van der Waals surface area contributed by atoms with Crippen molar-refractivity contribution in [2.45, 2.75) is 57.5 Å². The molecular formula is C11H18O. The molecule has 1 heteroatoms. The van der Waals surface area contributed by atoms with Crippen LogP contribution in [0.1, 0.15) is 51.4 Å². The summed E-state index contributed by atoms with van der Waals surface area (Å²) in [5, 5.41) is 9.95. The van der Waals surface area contributed by atoms with Gasteiger partial charge in [-0.25, -0.2) is 0 Å². The van der Waals surface area contributed by atoms with Crippen LogP contribution in [0.4, 0.5) is 0 Å². The third kappa shape index (κ3) is 0.654. The van der Waals surface area contributed by atoms with E-state index in [4.69, 9.17) is 0 Å². The van der Waals surface area contributed by atoms with Gasteiger partial charge in [0.2, 0.25) is 0 Å². The fourth-order valence-electron chi connectivity index (χ4n) is 4.12. The zero-order valence-electron chi connectivity index (χ0n) is 7.68. The van der Waals surface area contributed by atoms with E-state index in [1.54, 1.807) is 0 Å². The van der Waals surface area contributed by atoms with E-state index < -0.39 is 0 Å². The highest BCUT2D eigenvalue weighted by atomic mass is 16.3. The van der Waals surface area contributed by atoms with E-state index in [1.807, 2.05) is 0 Å². The zero-order valence-corrected chi connectivity index (χ0v) is 7.68. The first-order chi connectivity index (χ1) is 5.79. The van der Waals surface area contributed by atoms with Crippen LogP contribution in [0.2, 0.25) is 0 Å². The van der Waals surface area contributed by atoms with E-state index in [0.29, 0.717) is 10.8 Å². The number of rotatable bonds is 0. The highest BCUT2D eigenvalue weighted by Gasteiger charge is 2.72. The van der Waals surface area contributed by atoms with Crippen molar-refractivity contribution < 1.29 is 5.11 Å². The molecule has 12 heavy (non-hydrogen) atoms. The van der Waals surface area contributed by atoms with Gasteiger partial charge in [0.15, 0.2) is 0 Å². The average molecular weight is 166 g/mol. The minimum absolute atomic E-state index is 0.0654. The van der Waals surface area contributed by atoms with Crippen molar-refractivity contribution in [2.75, 3.05) is 0 Å². The molecule has 3 aliphatic rings. The lowest BCUT2D eigenvalue weighted by Gasteiger charge is -2.18. The van der Waals surface area contributed by atoms with Crippen LogP contribution in [-0.2, 0) is 0 Å². The average Bonchev–Trinajstić information content (AvgIpc) is 2.64. The quantitative estimate of drug-likeness (QED) is 0.586. The molecule has 3 unspecified atom stereocenters. The predicted octanol–water partition coefficient (Wildman–Crippen LogP) is 2.48. The van der Waals surface area contributed by atoms with Gasteiger partial charge < -0.3 is 5.11 Å². The van der Waals surface area contributed by atoms with E-state index in [2.05, 4.69) is 0 Å². The first-order valence-corrected chi connectivity index (χ1v) is 5.47. The van der Waals surface area contributed by atoms with Gasteiger partial charge in [0, 0.05) is 5.41 Å². The molecule has 0 saturated heterocycles. The monoisotopic (exact) mass is 166 g/mol. The molecular weight excluding hydrogens is 148 g/mol. The van der Waals surface area contributed by atoms with Gasteiger partial charge in [-0.1, -0.05) is 19.3 Å². The molecule has 1 nitrogen and oxygen atoms in total. The first-order valence-electron chi connectivity index (χ1n) is 5.47.